The molecular formula is C9H17N3. The molecule has 1 aromatic rings. The molecule has 0 saturated heterocycles. The van der Waals surface area contributed by atoms with Gasteiger partial charge in [-0.1, -0.05) is 13.3 Å². The molecule has 3 heteroatoms. The average molecular weight is 167 g/mol. The van der Waals surface area contributed by atoms with Gasteiger partial charge >= 0.3 is 0 Å². The van der Waals surface area contributed by atoms with Gasteiger partial charge in [-0.2, -0.15) is 0 Å². The molecule has 0 unspecified atom stereocenters. The molecule has 0 aliphatic rings. The van der Waals surface area contributed by atoms with E-state index in [2.05, 4.69) is 16.9 Å². The molecule has 1 heterocycles. The van der Waals surface area contributed by atoms with E-state index in [1.165, 1.54) is 5.69 Å². The zero-order chi connectivity index (χ0) is 8.97. The Morgan fingerprint density at radius 3 is 2.75 bits per heavy atom. The van der Waals surface area contributed by atoms with Crippen LogP contribution in [0.5, 0.6) is 0 Å². The van der Waals surface area contributed by atoms with Gasteiger partial charge in [-0.15, -0.1) is 0 Å². The van der Waals surface area contributed by atoms with Crippen LogP contribution in [0, 0.1) is 6.92 Å². The number of aryl methyl sites for hydroxylation is 2. The first-order valence-electron chi connectivity index (χ1n) is 4.52. The second-order valence-corrected chi connectivity index (χ2v) is 3.04. The summed E-state index contributed by atoms with van der Waals surface area (Å²) in [4.78, 5) is 7.65. The highest BCUT2D eigenvalue weighted by atomic mass is 14.9. The Bertz CT molecular complexity index is 216. The molecule has 0 bridgehead atoms. The maximum Gasteiger partial charge on any atom is 0.103 e. The van der Waals surface area contributed by atoms with Crippen LogP contribution in [-0.4, -0.2) is 16.5 Å². The van der Waals surface area contributed by atoms with E-state index in [0.29, 0.717) is 6.54 Å². The first-order chi connectivity index (χ1) is 5.77. The molecule has 1 aromatic heterocycles. The number of aromatic amines is 1. The largest absolute Gasteiger partial charge is 0.346 e. The lowest BCUT2D eigenvalue weighted by Gasteiger charge is -1.97. The minimum atomic E-state index is 0.682. The predicted octanol–water partition coefficient (Wildman–Crippen LogP) is 1.17. The summed E-state index contributed by atoms with van der Waals surface area (Å²) in [5.41, 5.74) is 7.90. The molecular weight excluding hydrogens is 150 g/mol. The van der Waals surface area contributed by atoms with Crippen LogP contribution in [-0.2, 0) is 12.8 Å². The Morgan fingerprint density at radius 2 is 2.17 bits per heavy atom. The molecule has 3 N–H and O–H groups in total. The van der Waals surface area contributed by atoms with Crippen LogP contribution in [0.3, 0.4) is 0 Å². The van der Waals surface area contributed by atoms with Crippen molar-refractivity contribution >= 4 is 0 Å². The fraction of sp³-hybridized carbons (Fsp3) is 0.667. The third-order valence-corrected chi connectivity index (χ3v) is 1.86. The number of aromatic nitrogens is 2. The lowest BCUT2D eigenvalue weighted by molar-refractivity contribution is 0.848. The minimum absolute atomic E-state index is 0.682. The molecule has 0 spiro atoms. The van der Waals surface area contributed by atoms with E-state index >= 15 is 0 Å². The van der Waals surface area contributed by atoms with Crippen molar-refractivity contribution in [3.8, 4) is 0 Å². The van der Waals surface area contributed by atoms with Gasteiger partial charge < -0.3 is 10.7 Å². The van der Waals surface area contributed by atoms with E-state index in [4.69, 9.17) is 5.73 Å². The SMILES string of the molecule is CCCc1[nH]c(C)nc1CCN. The second kappa shape index (κ2) is 4.26. The van der Waals surface area contributed by atoms with E-state index in [1.54, 1.807) is 0 Å². The number of hydrogen-bond donors (Lipinski definition) is 2. The monoisotopic (exact) mass is 167 g/mol. The Balaban J connectivity index is 2.76. The van der Waals surface area contributed by atoms with Gasteiger partial charge in [0.05, 0.1) is 5.69 Å². The number of hydrogen-bond acceptors (Lipinski definition) is 2. The maximum absolute atomic E-state index is 5.48. The fourth-order valence-electron chi connectivity index (χ4n) is 1.39. The number of nitrogens with one attached hydrogen (secondary N) is 1. The normalized spacial score (nSPS) is 10.6. The van der Waals surface area contributed by atoms with Crippen LogP contribution in [0.4, 0.5) is 0 Å². The van der Waals surface area contributed by atoms with Crippen LogP contribution in [0.25, 0.3) is 0 Å². The first kappa shape index (κ1) is 9.26. The summed E-state index contributed by atoms with van der Waals surface area (Å²) in [5.74, 6) is 1.00. The van der Waals surface area contributed by atoms with Crippen molar-refractivity contribution in [2.75, 3.05) is 6.54 Å². The average Bonchev–Trinajstić information content (AvgIpc) is 2.33. The van der Waals surface area contributed by atoms with Crippen molar-refractivity contribution < 1.29 is 0 Å². The van der Waals surface area contributed by atoms with Gasteiger partial charge in [-0.05, 0) is 19.9 Å². The Morgan fingerprint density at radius 1 is 1.42 bits per heavy atom. The number of rotatable bonds is 4. The molecule has 0 fully saturated rings. The standard InChI is InChI=1S/C9H17N3/c1-3-4-8-9(5-6-10)12-7(2)11-8/h3-6,10H2,1-2H3,(H,11,12). The van der Waals surface area contributed by atoms with Gasteiger partial charge in [0.2, 0.25) is 0 Å². The van der Waals surface area contributed by atoms with Crippen LogP contribution >= 0.6 is 0 Å². The van der Waals surface area contributed by atoms with Crippen molar-refractivity contribution in [1.82, 2.24) is 9.97 Å². The molecule has 12 heavy (non-hydrogen) atoms. The molecule has 0 atom stereocenters. The summed E-state index contributed by atoms with van der Waals surface area (Å²) in [5, 5.41) is 0. The van der Waals surface area contributed by atoms with E-state index in [1.807, 2.05) is 6.92 Å². The highest BCUT2D eigenvalue weighted by Crippen LogP contribution is 2.08. The van der Waals surface area contributed by atoms with E-state index in [0.717, 1.165) is 30.8 Å². The van der Waals surface area contributed by atoms with Gasteiger partial charge in [0.1, 0.15) is 5.82 Å². The molecule has 0 aromatic carbocycles. The third kappa shape index (κ3) is 2.08. The minimum Gasteiger partial charge on any atom is -0.346 e. The molecule has 0 aliphatic carbocycles. The first-order valence-corrected chi connectivity index (χ1v) is 4.52. The van der Waals surface area contributed by atoms with Crippen LogP contribution in [0.1, 0.15) is 30.6 Å². The molecule has 0 radical (unpaired) electrons. The van der Waals surface area contributed by atoms with Crippen LogP contribution in [0.2, 0.25) is 0 Å². The van der Waals surface area contributed by atoms with Gasteiger partial charge in [-0.25, -0.2) is 4.98 Å². The Kier molecular flexibility index (Phi) is 3.29. The lowest BCUT2D eigenvalue weighted by atomic mass is 10.2. The zero-order valence-corrected chi connectivity index (χ0v) is 7.85. The molecule has 68 valence electrons. The number of nitrogens with zero attached hydrogens (tertiary/aromatic N) is 1. The van der Waals surface area contributed by atoms with Gasteiger partial charge in [0, 0.05) is 12.1 Å². The van der Waals surface area contributed by atoms with Crippen molar-refractivity contribution in [2.24, 2.45) is 5.73 Å². The molecule has 1 rings (SSSR count). The lowest BCUT2D eigenvalue weighted by Crippen LogP contribution is -2.05. The van der Waals surface area contributed by atoms with Gasteiger partial charge in [0.15, 0.2) is 0 Å². The van der Waals surface area contributed by atoms with E-state index in [9.17, 15) is 0 Å². The number of H-pyrrole nitrogens is 1. The maximum atomic E-state index is 5.48. The van der Waals surface area contributed by atoms with Crippen LogP contribution in [0.15, 0.2) is 0 Å². The van der Waals surface area contributed by atoms with Gasteiger partial charge in [0.25, 0.3) is 0 Å². The van der Waals surface area contributed by atoms with Crippen molar-refractivity contribution in [2.45, 2.75) is 33.1 Å². The molecule has 0 saturated carbocycles. The van der Waals surface area contributed by atoms with Crippen molar-refractivity contribution in [1.29, 1.82) is 0 Å². The van der Waals surface area contributed by atoms with Crippen LogP contribution < -0.4 is 5.73 Å². The molecule has 3 nitrogen and oxygen atoms in total. The highest BCUT2D eigenvalue weighted by Gasteiger charge is 2.05. The summed E-state index contributed by atoms with van der Waals surface area (Å²) >= 11 is 0. The van der Waals surface area contributed by atoms with E-state index in [-0.39, 0.29) is 0 Å². The zero-order valence-electron chi connectivity index (χ0n) is 7.85. The van der Waals surface area contributed by atoms with Gasteiger partial charge in [-0.3, -0.25) is 0 Å². The Labute approximate surface area is 73.4 Å². The second-order valence-electron chi connectivity index (χ2n) is 3.04. The topological polar surface area (TPSA) is 54.7 Å². The van der Waals surface area contributed by atoms with Crippen molar-refractivity contribution in [3.63, 3.8) is 0 Å². The molecule has 0 aliphatic heterocycles. The Hall–Kier alpha value is -0.830. The highest BCUT2D eigenvalue weighted by molar-refractivity contribution is 5.14. The van der Waals surface area contributed by atoms with Crippen molar-refractivity contribution in [3.05, 3.63) is 17.2 Å². The summed E-state index contributed by atoms with van der Waals surface area (Å²) < 4.78 is 0. The third-order valence-electron chi connectivity index (χ3n) is 1.86. The molecule has 0 amide bonds. The number of nitrogens with two attached hydrogens (primary N) is 1. The number of imidazole rings is 1. The smallest absolute Gasteiger partial charge is 0.103 e. The van der Waals surface area contributed by atoms with E-state index < -0.39 is 0 Å². The predicted molar refractivity (Wildman–Crippen MR) is 50.1 cm³/mol. The summed E-state index contributed by atoms with van der Waals surface area (Å²) in [6.45, 7) is 4.84. The summed E-state index contributed by atoms with van der Waals surface area (Å²) in [6.07, 6.45) is 3.12. The summed E-state index contributed by atoms with van der Waals surface area (Å²) in [6, 6.07) is 0. The summed E-state index contributed by atoms with van der Waals surface area (Å²) in [7, 11) is 0. The fourth-order valence-corrected chi connectivity index (χ4v) is 1.39. The quantitative estimate of drug-likeness (QED) is 0.707.